The average Bonchev–Trinajstić information content (AvgIpc) is 2.73. The molecule has 0 unspecified atom stereocenters. The summed E-state index contributed by atoms with van der Waals surface area (Å²) in [6.45, 7) is 1.53. The summed E-state index contributed by atoms with van der Waals surface area (Å²) >= 11 is 0. The highest BCUT2D eigenvalue weighted by Gasteiger charge is 2.17. The molecule has 2 rings (SSSR count). The number of carbonyl (C=O) groups is 1. The van der Waals surface area contributed by atoms with Gasteiger partial charge in [-0.2, -0.15) is 4.39 Å². The van der Waals surface area contributed by atoms with E-state index in [2.05, 4.69) is 0 Å². The van der Waals surface area contributed by atoms with Crippen LogP contribution in [-0.2, 0) is 4.79 Å². The van der Waals surface area contributed by atoms with Gasteiger partial charge in [-0.3, -0.25) is 0 Å². The third kappa shape index (κ3) is 1.71. The van der Waals surface area contributed by atoms with E-state index in [1.807, 2.05) is 0 Å². The Balaban J connectivity index is 2.42. The van der Waals surface area contributed by atoms with E-state index in [-0.39, 0.29) is 12.4 Å². The predicted molar refractivity (Wildman–Crippen MR) is 53.9 cm³/mol. The molecule has 0 saturated heterocycles. The van der Waals surface area contributed by atoms with Crippen LogP contribution in [-0.4, -0.2) is 17.9 Å². The Bertz CT molecular complexity index is 479. The zero-order chi connectivity index (χ0) is 11.7. The first-order chi connectivity index (χ1) is 7.59. The van der Waals surface area contributed by atoms with Crippen LogP contribution in [0.25, 0.3) is 5.57 Å². The van der Waals surface area contributed by atoms with Gasteiger partial charge >= 0.3 is 5.97 Å². The Morgan fingerprint density at radius 1 is 1.38 bits per heavy atom. The van der Waals surface area contributed by atoms with Gasteiger partial charge in [-0.15, -0.1) is 0 Å². The van der Waals surface area contributed by atoms with E-state index >= 15 is 0 Å². The number of ether oxygens (including phenoxy) is 2. The summed E-state index contributed by atoms with van der Waals surface area (Å²) in [6.07, 6.45) is 0. The number of rotatable bonds is 2. The molecule has 0 fully saturated rings. The van der Waals surface area contributed by atoms with Crippen molar-refractivity contribution in [1.29, 1.82) is 0 Å². The van der Waals surface area contributed by atoms with Crippen molar-refractivity contribution in [1.82, 2.24) is 0 Å². The summed E-state index contributed by atoms with van der Waals surface area (Å²) in [7, 11) is 0. The lowest BCUT2D eigenvalue weighted by Gasteiger charge is -2.03. The molecule has 0 amide bonds. The third-order valence-electron chi connectivity index (χ3n) is 2.32. The van der Waals surface area contributed by atoms with Gasteiger partial charge in [-0.1, -0.05) is 6.07 Å². The van der Waals surface area contributed by atoms with E-state index in [9.17, 15) is 9.18 Å². The Hall–Kier alpha value is -2.04. The topological polar surface area (TPSA) is 55.8 Å². The predicted octanol–water partition coefficient (Wildman–Crippen LogP) is 2.20. The molecule has 5 heteroatoms. The molecule has 0 radical (unpaired) electrons. The Labute approximate surface area is 90.9 Å². The van der Waals surface area contributed by atoms with Gasteiger partial charge in [0.15, 0.2) is 11.5 Å². The van der Waals surface area contributed by atoms with Gasteiger partial charge in [-0.25, -0.2) is 4.79 Å². The van der Waals surface area contributed by atoms with Gasteiger partial charge in [0, 0.05) is 0 Å². The summed E-state index contributed by atoms with van der Waals surface area (Å²) in [5, 5.41) is 8.52. The van der Waals surface area contributed by atoms with Gasteiger partial charge in [0.1, 0.15) is 0 Å². The average molecular weight is 224 g/mol. The lowest BCUT2D eigenvalue weighted by molar-refractivity contribution is -0.134. The number of carboxylic acids is 1. The normalized spacial score (nSPS) is 14.6. The van der Waals surface area contributed by atoms with Crippen molar-refractivity contribution in [3.8, 4) is 11.5 Å². The van der Waals surface area contributed by atoms with Crippen LogP contribution in [0.1, 0.15) is 12.5 Å². The molecule has 1 aliphatic rings. The molecule has 1 N–H and O–H groups in total. The van der Waals surface area contributed by atoms with Crippen molar-refractivity contribution in [2.75, 3.05) is 6.79 Å². The van der Waals surface area contributed by atoms with Crippen LogP contribution in [0.3, 0.4) is 0 Å². The molecule has 1 aromatic rings. The van der Waals surface area contributed by atoms with Crippen molar-refractivity contribution >= 4 is 11.5 Å². The van der Waals surface area contributed by atoms with E-state index in [0.29, 0.717) is 17.1 Å². The highest BCUT2D eigenvalue weighted by molar-refractivity contribution is 5.93. The second-order valence-corrected chi connectivity index (χ2v) is 3.31. The number of aliphatic carboxylic acids is 1. The quantitative estimate of drug-likeness (QED) is 0.782. The van der Waals surface area contributed by atoms with Crippen molar-refractivity contribution in [2.45, 2.75) is 6.92 Å². The van der Waals surface area contributed by atoms with Crippen LogP contribution >= 0.6 is 0 Å². The first kappa shape index (κ1) is 10.5. The van der Waals surface area contributed by atoms with Gasteiger partial charge in [0.25, 0.3) is 0 Å². The van der Waals surface area contributed by atoms with Gasteiger partial charge in [0.2, 0.25) is 12.6 Å². The standard InChI is InChI=1S/C11H9FO4/c1-6(10(12)11(13)14)7-2-3-8-9(4-7)16-5-15-8/h2-4H,5H2,1H3,(H,13,14). The fourth-order valence-corrected chi connectivity index (χ4v) is 1.42. The molecule has 0 aromatic heterocycles. The maximum absolute atomic E-state index is 13.2. The van der Waals surface area contributed by atoms with Crippen molar-refractivity contribution in [3.05, 3.63) is 29.6 Å². The fraction of sp³-hybridized carbons (Fsp3) is 0.182. The molecule has 1 aromatic carbocycles. The first-order valence-corrected chi connectivity index (χ1v) is 4.59. The van der Waals surface area contributed by atoms with E-state index < -0.39 is 11.8 Å². The van der Waals surface area contributed by atoms with Crippen LogP contribution < -0.4 is 9.47 Å². The van der Waals surface area contributed by atoms with Crippen LogP contribution in [0.2, 0.25) is 0 Å². The first-order valence-electron chi connectivity index (χ1n) is 4.59. The second kappa shape index (κ2) is 3.84. The van der Waals surface area contributed by atoms with E-state index in [0.717, 1.165) is 0 Å². The number of carboxylic acid groups (broad SMARTS) is 1. The molecule has 0 bridgehead atoms. The molecule has 0 saturated carbocycles. The van der Waals surface area contributed by atoms with Crippen LogP contribution in [0.15, 0.2) is 24.0 Å². The zero-order valence-electron chi connectivity index (χ0n) is 8.49. The Morgan fingerprint density at radius 3 is 2.75 bits per heavy atom. The lowest BCUT2D eigenvalue weighted by Crippen LogP contribution is -1.97. The molecule has 1 heterocycles. The van der Waals surface area contributed by atoms with Gasteiger partial charge in [-0.05, 0) is 30.2 Å². The molecule has 4 nitrogen and oxygen atoms in total. The van der Waals surface area contributed by atoms with Crippen molar-refractivity contribution in [3.63, 3.8) is 0 Å². The van der Waals surface area contributed by atoms with Crippen LogP contribution in [0.4, 0.5) is 4.39 Å². The lowest BCUT2D eigenvalue weighted by atomic mass is 10.1. The molecule has 0 atom stereocenters. The minimum atomic E-state index is -1.57. The number of benzene rings is 1. The Kier molecular flexibility index (Phi) is 2.52. The van der Waals surface area contributed by atoms with Crippen LogP contribution in [0.5, 0.6) is 11.5 Å². The monoisotopic (exact) mass is 224 g/mol. The fourth-order valence-electron chi connectivity index (χ4n) is 1.42. The molecule has 84 valence electrons. The molecule has 16 heavy (non-hydrogen) atoms. The molecule has 0 aliphatic carbocycles. The number of fused-ring (bicyclic) bond motifs is 1. The Morgan fingerprint density at radius 2 is 2.06 bits per heavy atom. The molecular formula is C11H9FO4. The highest BCUT2D eigenvalue weighted by atomic mass is 19.1. The summed E-state index contributed by atoms with van der Waals surface area (Å²) in [6, 6.07) is 4.77. The zero-order valence-corrected chi connectivity index (χ0v) is 8.49. The largest absolute Gasteiger partial charge is 0.476 e. The number of halogens is 1. The SMILES string of the molecule is CC(=C(F)C(=O)O)c1ccc2c(c1)OCO2. The minimum Gasteiger partial charge on any atom is -0.476 e. The second-order valence-electron chi connectivity index (χ2n) is 3.31. The maximum atomic E-state index is 13.2. The summed E-state index contributed by atoms with van der Waals surface area (Å²) in [4.78, 5) is 10.5. The third-order valence-corrected chi connectivity index (χ3v) is 2.32. The number of hydrogen-bond acceptors (Lipinski definition) is 3. The molecule has 0 spiro atoms. The van der Waals surface area contributed by atoms with E-state index in [1.165, 1.54) is 6.92 Å². The van der Waals surface area contributed by atoms with Gasteiger partial charge < -0.3 is 14.6 Å². The van der Waals surface area contributed by atoms with Crippen molar-refractivity contribution in [2.24, 2.45) is 0 Å². The minimum absolute atomic E-state index is 0.0609. The summed E-state index contributed by atoms with van der Waals surface area (Å²) < 4.78 is 23.4. The van der Waals surface area contributed by atoms with Gasteiger partial charge in [0.05, 0.1) is 0 Å². The van der Waals surface area contributed by atoms with E-state index in [1.54, 1.807) is 18.2 Å². The highest BCUT2D eigenvalue weighted by Crippen LogP contribution is 2.35. The summed E-state index contributed by atoms with van der Waals surface area (Å²) in [5.41, 5.74) is 0.523. The smallest absolute Gasteiger partial charge is 0.365 e. The molecule has 1 aliphatic heterocycles. The number of hydrogen-bond donors (Lipinski definition) is 1. The maximum Gasteiger partial charge on any atom is 0.365 e. The number of allylic oxidation sites excluding steroid dienone is 1. The van der Waals surface area contributed by atoms with Crippen LogP contribution in [0, 0.1) is 0 Å². The summed E-state index contributed by atoms with van der Waals surface area (Å²) in [5.74, 6) is -1.67. The van der Waals surface area contributed by atoms with E-state index in [4.69, 9.17) is 14.6 Å². The van der Waals surface area contributed by atoms with Crippen molar-refractivity contribution < 1.29 is 23.8 Å². The molecular weight excluding hydrogens is 215 g/mol.